The molecule has 0 saturated carbocycles. The Balaban J connectivity index is 1.82. The van der Waals surface area contributed by atoms with Crippen molar-refractivity contribution < 1.29 is 9.21 Å². The van der Waals surface area contributed by atoms with Crippen LogP contribution >= 0.6 is 22.6 Å². The lowest BCUT2D eigenvalue weighted by atomic mass is 10.1. The molecule has 3 aromatic rings. The topological polar surface area (TPSA) is 55.1 Å². The quantitative estimate of drug-likeness (QED) is 0.683. The summed E-state index contributed by atoms with van der Waals surface area (Å²) in [6.07, 6.45) is 3.02. The first-order chi connectivity index (χ1) is 10.2. The zero-order chi connectivity index (χ0) is 14.7. The smallest absolute Gasteiger partial charge is 0.255 e. The number of hydrogen-bond acceptors (Lipinski definition) is 3. The second-order valence-corrected chi connectivity index (χ2v) is 5.66. The maximum Gasteiger partial charge on any atom is 0.255 e. The summed E-state index contributed by atoms with van der Waals surface area (Å²) < 4.78 is 6.28. The van der Waals surface area contributed by atoms with Crippen molar-refractivity contribution in [3.63, 3.8) is 0 Å². The van der Waals surface area contributed by atoms with E-state index in [1.54, 1.807) is 12.3 Å². The van der Waals surface area contributed by atoms with Crippen LogP contribution in [0.4, 0.5) is 5.69 Å². The SMILES string of the molecule is O=C(Nc1cccc(-c2cnco2)c1)c1cccc(I)c1. The molecule has 104 valence electrons. The van der Waals surface area contributed by atoms with E-state index in [0.29, 0.717) is 17.0 Å². The summed E-state index contributed by atoms with van der Waals surface area (Å²) >= 11 is 2.18. The van der Waals surface area contributed by atoms with E-state index in [0.717, 1.165) is 9.13 Å². The zero-order valence-corrected chi connectivity index (χ0v) is 13.1. The van der Waals surface area contributed by atoms with Crippen LogP contribution in [0.15, 0.2) is 65.5 Å². The fraction of sp³-hybridized carbons (Fsp3) is 0. The molecule has 1 aromatic heterocycles. The van der Waals surface area contributed by atoms with Gasteiger partial charge in [-0.1, -0.05) is 18.2 Å². The van der Waals surface area contributed by atoms with Gasteiger partial charge in [0.2, 0.25) is 0 Å². The number of benzene rings is 2. The highest BCUT2D eigenvalue weighted by Gasteiger charge is 2.08. The molecule has 0 bridgehead atoms. The van der Waals surface area contributed by atoms with Gasteiger partial charge in [-0.25, -0.2) is 4.98 Å². The lowest BCUT2D eigenvalue weighted by molar-refractivity contribution is 0.102. The fourth-order valence-electron chi connectivity index (χ4n) is 1.94. The Labute approximate surface area is 135 Å². The Morgan fingerprint density at radius 2 is 2.00 bits per heavy atom. The monoisotopic (exact) mass is 390 g/mol. The Kier molecular flexibility index (Phi) is 4.01. The van der Waals surface area contributed by atoms with Crippen molar-refractivity contribution in [1.82, 2.24) is 4.98 Å². The summed E-state index contributed by atoms with van der Waals surface area (Å²) in [5.74, 6) is 0.531. The molecule has 0 radical (unpaired) electrons. The number of nitrogens with zero attached hydrogens (tertiary/aromatic N) is 1. The third-order valence-electron chi connectivity index (χ3n) is 2.92. The van der Waals surface area contributed by atoms with E-state index in [1.807, 2.05) is 42.5 Å². The summed E-state index contributed by atoms with van der Waals surface area (Å²) in [7, 11) is 0. The van der Waals surface area contributed by atoms with Crippen molar-refractivity contribution in [1.29, 1.82) is 0 Å². The molecule has 0 spiro atoms. The average Bonchev–Trinajstić information content (AvgIpc) is 3.02. The molecule has 0 atom stereocenters. The summed E-state index contributed by atoms with van der Waals surface area (Å²) in [5.41, 5.74) is 2.22. The number of amides is 1. The lowest BCUT2D eigenvalue weighted by Gasteiger charge is -2.07. The van der Waals surface area contributed by atoms with Crippen molar-refractivity contribution in [3.05, 3.63) is 70.3 Å². The van der Waals surface area contributed by atoms with Gasteiger partial charge >= 0.3 is 0 Å². The molecule has 0 aliphatic carbocycles. The van der Waals surface area contributed by atoms with Crippen LogP contribution in [0.2, 0.25) is 0 Å². The molecule has 0 aliphatic heterocycles. The normalized spacial score (nSPS) is 10.3. The highest BCUT2D eigenvalue weighted by Crippen LogP contribution is 2.22. The molecule has 3 rings (SSSR count). The minimum atomic E-state index is -0.136. The molecule has 1 amide bonds. The van der Waals surface area contributed by atoms with Crippen molar-refractivity contribution in [2.24, 2.45) is 0 Å². The summed E-state index contributed by atoms with van der Waals surface area (Å²) in [6.45, 7) is 0. The predicted octanol–water partition coefficient (Wildman–Crippen LogP) is 4.20. The van der Waals surface area contributed by atoms with Crippen LogP contribution in [0.5, 0.6) is 0 Å². The van der Waals surface area contributed by atoms with Gasteiger partial charge in [0.15, 0.2) is 12.2 Å². The number of nitrogens with one attached hydrogen (secondary N) is 1. The Morgan fingerprint density at radius 1 is 1.14 bits per heavy atom. The van der Waals surface area contributed by atoms with Gasteiger partial charge < -0.3 is 9.73 Å². The van der Waals surface area contributed by atoms with Crippen LogP contribution in [0.3, 0.4) is 0 Å². The molecular formula is C16H11IN2O2. The Morgan fingerprint density at radius 3 is 2.76 bits per heavy atom. The molecule has 0 fully saturated rings. The third kappa shape index (κ3) is 3.30. The molecule has 2 aromatic carbocycles. The van der Waals surface area contributed by atoms with Crippen LogP contribution in [0.25, 0.3) is 11.3 Å². The van der Waals surface area contributed by atoms with Crippen molar-refractivity contribution in [3.8, 4) is 11.3 Å². The van der Waals surface area contributed by atoms with Gasteiger partial charge in [-0.05, 0) is 52.9 Å². The molecule has 1 heterocycles. The number of carbonyl (C=O) groups excluding carboxylic acids is 1. The second-order valence-electron chi connectivity index (χ2n) is 4.41. The number of hydrogen-bond donors (Lipinski definition) is 1. The number of rotatable bonds is 3. The van der Waals surface area contributed by atoms with Gasteiger partial charge in [-0.2, -0.15) is 0 Å². The maximum atomic E-state index is 12.2. The van der Waals surface area contributed by atoms with E-state index in [4.69, 9.17) is 4.42 Å². The molecule has 0 unspecified atom stereocenters. The maximum absolute atomic E-state index is 12.2. The standard InChI is InChI=1S/C16H11IN2O2/c17-13-5-1-4-12(7-13)16(20)19-14-6-2-3-11(8-14)15-9-18-10-21-15/h1-10H,(H,19,20). The van der Waals surface area contributed by atoms with E-state index in [9.17, 15) is 4.79 Å². The van der Waals surface area contributed by atoms with E-state index in [-0.39, 0.29) is 5.91 Å². The first-order valence-corrected chi connectivity index (χ1v) is 7.36. The van der Waals surface area contributed by atoms with Gasteiger partial charge in [-0.3, -0.25) is 4.79 Å². The highest BCUT2D eigenvalue weighted by atomic mass is 127. The summed E-state index contributed by atoms with van der Waals surface area (Å²) in [6, 6.07) is 14.9. The van der Waals surface area contributed by atoms with E-state index in [2.05, 4.69) is 32.9 Å². The van der Waals surface area contributed by atoms with Crippen LogP contribution in [-0.4, -0.2) is 10.9 Å². The largest absolute Gasteiger partial charge is 0.444 e. The molecule has 4 nitrogen and oxygen atoms in total. The Bertz CT molecular complexity index is 769. The Hall–Kier alpha value is -2.15. The van der Waals surface area contributed by atoms with Gasteiger partial charge in [0, 0.05) is 20.4 Å². The lowest BCUT2D eigenvalue weighted by Crippen LogP contribution is -2.11. The van der Waals surface area contributed by atoms with Crippen LogP contribution in [-0.2, 0) is 0 Å². The van der Waals surface area contributed by atoms with Gasteiger partial charge in [-0.15, -0.1) is 0 Å². The summed E-state index contributed by atoms with van der Waals surface area (Å²) in [4.78, 5) is 16.1. The molecule has 0 aliphatic rings. The molecule has 1 N–H and O–H groups in total. The molecule has 0 saturated heterocycles. The van der Waals surface area contributed by atoms with Gasteiger partial charge in [0.1, 0.15) is 0 Å². The summed E-state index contributed by atoms with van der Waals surface area (Å²) in [5, 5.41) is 2.88. The average molecular weight is 390 g/mol. The number of carbonyl (C=O) groups is 1. The highest BCUT2D eigenvalue weighted by molar-refractivity contribution is 14.1. The van der Waals surface area contributed by atoms with Crippen molar-refractivity contribution in [2.75, 3.05) is 5.32 Å². The first-order valence-electron chi connectivity index (χ1n) is 6.28. The van der Waals surface area contributed by atoms with Crippen molar-refractivity contribution in [2.45, 2.75) is 0 Å². The van der Waals surface area contributed by atoms with Crippen LogP contribution < -0.4 is 5.32 Å². The van der Waals surface area contributed by atoms with E-state index < -0.39 is 0 Å². The number of anilines is 1. The minimum absolute atomic E-state index is 0.136. The van der Waals surface area contributed by atoms with Gasteiger partial charge in [0.25, 0.3) is 5.91 Å². The zero-order valence-electron chi connectivity index (χ0n) is 10.9. The van der Waals surface area contributed by atoms with Crippen LogP contribution in [0, 0.1) is 3.57 Å². The minimum Gasteiger partial charge on any atom is -0.444 e. The van der Waals surface area contributed by atoms with Crippen molar-refractivity contribution >= 4 is 34.2 Å². The molecular weight excluding hydrogens is 379 g/mol. The van der Waals surface area contributed by atoms with E-state index in [1.165, 1.54) is 6.39 Å². The number of oxazole rings is 1. The fourth-order valence-corrected chi connectivity index (χ4v) is 2.48. The van der Waals surface area contributed by atoms with Gasteiger partial charge in [0.05, 0.1) is 6.20 Å². The molecule has 21 heavy (non-hydrogen) atoms. The third-order valence-corrected chi connectivity index (χ3v) is 3.60. The number of halogens is 1. The predicted molar refractivity (Wildman–Crippen MR) is 89.1 cm³/mol. The second kappa shape index (κ2) is 6.09. The molecule has 5 heteroatoms. The van der Waals surface area contributed by atoms with E-state index >= 15 is 0 Å². The number of aromatic nitrogens is 1. The first kappa shape index (κ1) is 13.8. The van der Waals surface area contributed by atoms with Crippen LogP contribution in [0.1, 0.15) is 10.4 Å².